The molecule has 0 bridgehead atoms. The molecule has 0 aromatic rings. The minimum atomic E-state index is -0.820. The Bertz CT molecular complexity index is 1260. The summed E-state index contributed by atoms with van der Waals surface area (Å²) in [6.07, 6.45) is 66.2. The number of esters is 1. The van der Waals surface area contributed by atoms with Gasteiger partial charge in [-0.1, -0.05) is 234 Å². The first-order chi connectivity index (χ1) is 31.0. The second kappa shape index (κ2) is 49.8. The van der Waals surface area contributed by atoms with E-state index in [0.29, 0.717) is 19.3 Å². The summed E-state index contributed by atoms with van der Waals surface area (Å²) in [4.78, 5) is 26.1. The molecule has 3 N–H and O–H groups in total. The lowest BCUT2D eigenvalue weighted by molar-refractivity contribution is -0.150. The first kappa shape index (κ1) is 59.8. The lowest BCUT2D eigenvalue weighted by atomic mass is 10.0. The molecule has 0 saturated heterocycles. The number of unbranched alkanes of at least 4 members (excludes halogenated alkanes) is 21. The van der Waals surface area contributed by atoms with Crippen LogP contribution in [0.5, 0.6) is 0 Å². The highest BCUT2D eigenvalue weighted by molar-refractivity contribution is 5.77. The van der Waals surface area contributed by atoms with Gasteiger partial charge in [-0.3, -0.25) is 9.59 Å². The Balaban J connectivity index is 4.78. The van der Waals surface area contributed by atoms with E-state index in [1.807, 2.05) is 12.2 Å². The van der Waals surface area contributed by atoms with Crippen LogP contribution in [0.2, 0.25) is 0 Å². The van der Waals surface area contributed by atoms with Crippen LogP contribution in [0.15, 0.2) is 97.2 Å². The number of rotatable bonds is 45. The van der Waals surface area contributed by atoms with Gasteiger partial charge in [0.2, 0.25) is 5.91 Å². The zero-order chi connectivity index (χ0) is 45.9. The van der Waals surface area contributed by atoms with E-state index in [1.165, 1.54) is 96.3 Å². The Morgan fingerprint density at radius 3 is 1.44 bits per heavy atom. The first-order valence-electron chi connectivity index (χ1n) is 26.0. The summed E-state index contributed by atoms with van der Waals surface area (Å²) in [6.45, 7) is 6.37. The van der Waals surface area contributed by atoms with Crippen LogP contribution < -0.4 is 5.32 Å². The van der Waals surface area contributed by atoms with E-state index in [4.69, 9.17) is 4.74 Å². The van der Waals surface area contributed by atoms with Gasteiger partial charge in [-0.05, 0) is 70.6 Å². The Labute approximate surface area is 388 Å². The number of aliphatic hydroxyl groups is 2. The van der Waals surface area contributed by atoms with E-state index < -0.39 is 18.2 Å². The fraction of sp³-hybridized carbons (Fsp3) is 0.684. The molecule has 0 radical (unpaired) electrons. The molecule has 3 unspecified atom stereocenters. The van der Waals surface area contributed by atoms with Gasteiger partial charge in [-0.15, -0.1) is 0 Å². The van der Waals surface area contributed by atoms with Crippen LogP contribution >= 0.6 is 0 Å². The van der Waals surface area contributed by atoms with Crippen molar-refractivity contribution in [3.63, 3.8) is 0 Å². The summed E-state index contributed by atoms with van der Waals surface area (Å²) in [7, 11) is 0. The smallest absolute Gasteiger partial charge is 0.306 e. The third-order valence-corrected chi connectivity index (χ3v) is 11.2. The number of hydrogen-bond acceptors (Lipinski definition) is 5. The summed E-state index contributed by atoms with van der Waals surface area (Å²) in [5, 5.41) is 23.7. The average molecular weight is 876 g/mol. The number of carbonyl (C=O) groups is 2. The van der Waals surface area contributed by atoms with Crippen LogP contribution in [0.4, 0.5) is 0 Å². The zero-order valence-electron chi connectivity index (χ0n) is 40.9. The molecule has 0 aromatic heterocycles. The number of ether oxygens (including phenoxy) is 1. The monoisotopic (exact) mass is 876 g/mol. The molecule has 0 heterocycles. The molecular weight excluding hydrogens is 779 g/mol. The van der Waals surface area contributed by atoms with Crippen LogP contribution in [0, 0.1) is 0 Å². The molecule has 0 aromatic carbocycles. The highest BCUT2D eigenvalue weighted by Crippen LogP contribution is 2.15. The molecule has 0 fully saturated rings. The Morgan fingerprint density at radius 1 is 0.492 bits per heavy atom. The van der Waals surface area contributed by atoms with Gasteiger partial charge in [0.25, 0.3) is 0 Å². The fourth-order valence-electron chi connectivity index (χ4n) is 7.24. The maximum absolute atomic E-state index is 13.2. The van der Waals surface area contributed by atoms with Crippen molar-refractivity contribution >= 4 is 11.9 Å². The fourth-order valence-corrected chi connectivity index (χ4v) is 7.24. The van der Waals surface area contributed by atoms with Crippen LogP contribution in [0.1, 0.15) is 226 Å². The summed E-state index contributed by atoms with van der Waals surface area (Å²) in [5.41, 5.74) is 0. The predicted molar refractivity (Wildman–Crippen MR) is 273 cm³/mol. The summed E-state index contributed by atoms with van der Waals surface area (Å²) in [6, 6.07) is -0.741. The Morgan fingerprint density at radius 2 is 0.905 bits per heavy atom. The standard InChI is InChI=1S/C57H97NO5/c1-4-7-10-13-16-19-22-24-26-27-28-30-32-35-38-41-44-47-50-57(62)63-53(48-45-42-39-36-34-31-29-25-23-20-17-14-11-8-5-2)51-56(61)58-54(52-59)55(60)49-46-43-40-37-33-21-18-15-12-9-6-3/h16-17,19-20,22,24-30,34,36,42,45,53-55,59-60H,4-15,18,21,23,31-33,35,37-41,43-44,46-52H2,1-3H3,(H,58,61)/b19-16+,20-17-,24-22+,27-26+,29-25-,30-28+,36-34-,45-42-. The first-order valence-corrected chi connectivity index (χ1v) is 26.0. The normalized spacial score (nSPS) is 14.0. The SMILES string of the molecule is CCCCC/C=C\C/C=C\C/C=C\C/C=C\CC(CC(=O)NC(CO)C(O)CCCCCCCCCCCCC)OC(=O)CCCCCCC/C=C/C=C/C=C/C=C/CCCCC. The van der Waals surface area contributed by atoms with E-state index in [-0.39, 0.29) is 24.9 Å². The summed E-state index contributed by atoms with van der Waals surface area (Å²) >= 11 is 0. The molecular formula is C57H97NO5. The van der Waals surface area contributed by atoms with Crippen LogP contribution in [-0.4, -0.2) is 46.9 Å². The predicted octanol–water partition coefficient (Wildman–Crippen LogP) is 15.7. The van der Waals surface area contributed by atoms with Gasteiger partial charge < -0.3 is 20.3 Å². The van der Waals surface area contributed by atoms with Crippen molar-refractivity contribution in [1.29, 1.82) is 0 Å². The van der Waals surface area contributed by atoms with Gasteiger partial charge in [-0.2, -0.15) is 0 Å². The lowest BCUT2D eigenvalue weighted by Gasteiger charge is -2.24. The number of allylic oxidation sites excluding steroid dienone is 15. The number of amides is 1. The van der Waals surface area contributed by atoms with Crippen LogP contribution in [0.25, 0.3) is 0 Å². The molecule has 360 valence electrons. The maximum Gasteiger partial charge on any atom is 0.306 e. The number of aliphatic hydroxyl groups excluding tert-OH is 2. The summed E-state index contributed by atoms with van der Waals surface area (Å²) < 4.78 is 5.86. The van der Waals surface area contributed by atoms with E-state index in [0.717, 1.165) is 83.5 Å². The van der Waals surface area contributed by atoms with Gasteiger partial charge >= 0.3 is 5.97 Å². The van der Waals surface area contributed by atoms with E-state index in [2.05, 4.69) is 111 Å². The van der Waals surface area contributed by atoms with Crippen LogP contribution in [-0.2, 0) is 14.3 Å². The zero-order valence-corrected chi connectivity index (χ0v) is 40.9. The molecule has 0 aliphatic heterocycles. The van der Waals surface area contributed by atoms with Gasteiger partial charge in [0.1, 0.15) is 6.10 Å². The molecule has 0 aliphatic carbocycles. The molecule has 0 saturated carbocycles. The molecule has 1 amide bonds. The third-order valence-electron chi connectivity index (χ3n) is 11.2. The lowest BCUT2D eigenvalue weighted by Crippen LogP contribution is -2.46. The minimum absolute atomic E-state index is 0.0133. The number of hydrogen-bond donors (Lipinski definition) is 3. The quantitative estimate of drug-likeness (QED) is 0.0245. The van der Waals surface area contributed by atoms with E-state index in [9.17, 15) is 19.8 Å². The van der Waals surface area contributed by atoms with Gasteiger partial charge in [0.05, 0.1) is 25.2 Å². The number of carbonyl (C=O) groups excluding carboxylic acids is 2. The van der Waals surface area contributed by atoms with E-state index in [1.54, 1.807) is 0 Å². The molecule has 63 heavy (non-hydrogen) atoms. The van der Waals surface area contributed by atoms with Crippen molar-refractivity contribution in [2.24, 2.45) is 0 Å². The van der Waals surface area contributed by atoms with Crippen molar-refractivity contribution in [2.75, 3.05) is 6.61 Å². The molecule has 6 heteroatoms. The van der Waals surface area contributed by atoms with Crippen molar-refractivity contribution < 1.29 is 24.5 Å². The van der Waals surface area contributed by atoms with Crippen LogP contribution in [0.3, 0.4) is 0 Å². The average Bonchev–Trinajstić information content (AvgIpc) is 3.28. The molecule has 0 spiro atoms. The van der Waals surface area contributed by atoms with Crippen molar-refractivity contribution in [3.05, 3.63) is 97.2 Å². The molecule has 6 nitrogen and oxygen atoms in total. The molecule has 3 atom stereocenters. The molecule has 0 aliphatic rings. The summed E-state index contributed by atoms with van der Waals surface area (Å²) in [5.74, 6) is -0.610. The highest BCUT2D eigenvalue weighted by Gasteiger charge is 2.23. The van der Waals surface area contributed by atoms with Gasteiger partial charge in [0.15, 0.2) is 0 Å². The maximum atomic E-state index is 13.2. The number of nitrogens with one attached hydrogen (secondary N) is 1. The van der Waals surface area contributed by atoms with E-state index >= 15 is 0 Å². The van der Waals surface area contributed by atoms with Crippen molar-refractivity contribution in [2.45, 2.75) is 244 Å². The minimum Gasteiger partial charge on any atom is -0.461 e. The van der Waals surface area contributed by atoms with Crippen molar-refractivity contribution in [1.82, 2.24) is 5.32 Å². The highest BCUT2D eigenvalue weighted by atomic mass is 16.5. The Kier molecular flexibility index (Phi) is 47.2. The van der Waals surface area contributed by atoms with Gasteiger partial charge in [-0.25, -0.2) is 0 Å². The van der Waals surface area contributed by atoms with Gasteiger partial charge in [0, 0.05) is 12.8 Å². The third kappa shape index (κ3) is 45.2. The van der Waals surface area contributed by atoms with Crippen molar-refractivity contribution in [3.8, 4) is 0 Å². The second-order valence-corrected chi connectivity index (χ2v) is 17.3. The second-order valence-electron chi connectivity index (χ2n) is 17.3. The topological polar surface area (TPSA) is 95.9 Å². The molecule has 0 rings (SSSR count). The largest absolute Gasteiger partial charge is 0.461 e. The Hall–Kier alpha value is -3.22.